The number of phenols is 1. The van der Waals surface area contributed by atoms with Gasteiger partial charge in [0.05, 0.1) is 6.10 Å². The highest BCUT2D eigenvalue weighted by Gasteiger charge is 2.19. The Morgan fingerprint density at radius 2 is 2.21 bits per heavy atom. The molecule has 1 fully saturated rings. The minimum Gasteiger partial charge on any atom is -0.507 e. The maximum absolute atomic E-state index is 9.87. The molecule has 0 spiro atoms. The molecule has 1 heterocycles. The van der Waals surface area contributed by atoms with E-state index in [1.54, 1.807) is 0 Å². The minimum absolute atomic E-state index is 0.101. The molecule has 14 heavy (non-hydrogen) atoms. The van der Waals surface area contributed by atoms with Crippen molar-refractivity contribution in [2.24, 2.45) is 0 Å². The second-order valence-corrected chi connectivity index (χ2v) is 3.87. The summed E-state index contributed by atoms with van der Waals surface area (Å²) in [5, 5.41) is 9.87. The summed E-state index contributed by atoms with van der Waals surface area (Å²) in [6.45, 7) is 2.74. The lowest BCUT2D eigenvalue weighted by Gasteiger charge is -2.24. The highest BCUT2D eigenvalue weighted by Crippen LogP contribution is 2.34. The summed E-state index contributed by atoms with van der Waals surface area (Å²) in [5.41, 5.74) is 1.88. The van der Waals surface area contributed by atoms with E-state index in [-0.39, 0.29) is 6.10 Å². The van der Waals surface area contributed by atoms with Gasteiger partial charge in [0, 0.05) is 12.2 Å². The standard InChI is InChI=1S/C12H16O2/c1-9-5-4-6-10(12(9)13)11-7-2-3-8-14-11/h4-6,11,13H,2-3,7-8H2,1H3. The van der Waals surface area contributed by atoms with Crippen LogP contribution in [0, 0.1) is 6.92 Å². The normalized spacial score (nSPS) is 22.2. The van der Waals surface area contributed by atoms with Crippen LogP contribution in [-0.2, 0) is 4.74 Å². The van der Waals surface area contributed by atoms with E-state index >= 15 is 0 Å². The third-order valence-electron chi connectivity index (χ3n) is 2.80. The zero-order chi connectivity index (χ0) is 9.97. The zero-order valence-corrected chi connectivity index (χ0v) is 8.49. The fraction of sp³-hybridized carbons (Fsp3) is 0.500. The number of aromatic hydroxyl groups is 1. The van der Waals surface area contributed by atoms with E-state index in [0.29, 0.717) is 5.75 Å². The van der Waals surface area contributed by atoms with Crippen molar-refractivity contribution >= 4 is 0 Å². The molecule has 0 radical (unpaired) electrons. The molecule has 1 aliphatic rings. The van der Waals surface area contributed by atoms with E-state index in [0.717, 1.165) is 30.6 Å². The lowest BCUT2D eigenvalue weighted by molar-refractivity contribution is 0.0136. The Hall–Kier alpha value is -1.02. The summed E-state index contributed by atoms with van der Waals surface area (Å²) < 4.78 is 5.64. The molecule has 0 aromatic heterocycles. The van der Waals surface area contributed by atoms with Crippen LogP contribution in [-0.4, -0.2) is 11.7 Å². The molecule has 0 bridgehead atoms. The number of aryl methyl sites for hydroxylation is 1. The first-order valence-electron chi connectivity index (χ1n) is 5.19. The van der Waals surface area contributed by atoms with Crippen molar-refractivity contribution < 1.29 is 9.84 Å². The monoisotopic (exact) mass is 192 g/mol. The van der Waals surface area contributed by atoms with Gasteiger partial charge in [0.1, 0.15) is 5.75 Å². The first-order valence-corrected chi connectivity index (χ1v) is 5.19. The highest BCUT2D eigenvalue weighted by molar-refractivity contribution is 5.40. The quantitative estimate of drug-likeness (QED) is 0.741. The molecular formula is C12H16O2. The fourth-order valence-electron chi connectivity index (χ4n) is 1.93. The molecule has 1 saturated heterocycles. The summed E-state index contributed by atoms with van der Waals surface area (Å²) in [7, 11) is 0. The van der Waals surface area contributed by atoms with Crippen LogP contribution in [0.5, 0.6) is 5.75 Å². The molecule has 2 heteroatoms. The summed E-state index contributed by atoms with van der Waals surface area (Å²) in [5.74, 6) is 0.402. The van der Waals surface area contributed by atoms with Gasteiger partial charge in [0.25, 0.3) is 0 Å². The van der Waals surface area contributed by atoms with Crippen LogP contribution in [0.4, 0.5) is 0 Å². The first kappa shape index (κ1) is 9.53. The molecule has 0 aliphatic carbocycles. The van der Waals surface area contributed by atoms with Gasteiger partial charge in [0.15, 0.2) is 0 Å². The Morgan fingerprint density at radius 3 is 2.93 bits per heavy atom. The predicted molar refractivity (Wildman–Crippen MR) is 55.4 cm³/mol. The Morgan fingerprint density at radius 1 is 1.36 bits per heavy atom. The van der Waals surface area contributed by atoms with E-state index in [2.05, 4.69) is 0 Å². The average Bonchev–Trinajstić information content (AvgIpc) is 2.23. The smallest absolute Gasteiger partial charge is 0.124 e. The Bertz CT molecular complexity index is 314. The minimum atomic E-state index is 0.101. The molecule has 1 atom stereocenters. The van der Waals surface area contributed by atoms with Crippen LogP contribution in [0.2, 0.25) is 0 Å². The molecule has 1 aromatic carbocycles. The van der Waals surface area contributed by atoms with Gasteiger partial charge in [-0.3, -0.25) is 0 Å². The molecule has 1 aromatic rings. The molecular weight excluding hydrogens is 176 g/mol. The van der Waals surface area contributed by atoms with Gasteiger partial charge in [0.2, 0.25) is 0 Å². The molecule has 0 saturated carbocycles. The van der Waals surface area contributed by atoms with Gasteiger partial charge in [-0.1, -0.05) is 18.2 Å². The van der Waals surface area contributed by atoms with Gasteiger partial charge in [-0.15, -0.1) is 0 Å². The van der Waals surface area contributed by atoms with Crippen LogP contribution >= 0.6 is 0 Å². The third kappa shape index (κ3) is 1.75. The van der Waals surface area contributed by atoms with Crippen molar-refractivity contribution in [3.63, 3.8) is 0 Å². The second-order valence-electron chi connectivity index (χ2n) is 3.87. The predicted octanol–water partition coefficient (Wildman–Crippen LogP) is 2.94. The topological polar surface area (TPSA) is 29.5 Å². The van der Waals surface area contributed by atoms with Gasteiger partial charge in [-0.2, -0.15) is 0 Å². The molecule has 1 unspecified atom stereocenters. The van der Waals surface area contributed by atoms with Crippen LogP contribution in [0.1, 0.15) is 36.5 Å². The average molecular weight is 192 g/mol. The van der Waals surface area contributed by atoms with E-state index in [1.807, 2.05) is 25.1 Å². The van der Waals surface area contributed by atoms with Crippen molar-refractivity contribution in [1.82, 2.24) is 0 Å². The second kappa shape index (κ2) is 4.01. The molecule has 76 valence electrons. The number of phenolic OH excluding ortho intramolecular Hbond substituents is 1. The van der Waals surface area contributed by atoms with Crippen molar-refractivity contribution in [2.45, 2.75) is 32.3 Å². The maximum Gasteiger partial charge on any atom is 0.124 e. The van der Waals surface area contributed by atoms with Crippen LogP contribution in [0.3, 0.4) is 0 Å². The number of hydrogen-bond acceptors (Lipinski definition) is 2. The van der Waals surface area contributed by atoms with Crippen LogP contribution in [0.15, 0.2) is 18.2 Å². The van der Waals surface area contributed by atoms with Gasteiger partial charge in [-0.05, 0) is 31.7 Å². The van der Waals surface area contributed by atoms with Crippen molar-refractivity contribution in [3.8, 4) is 5.75 Å². The highest BCUT2D eigenvalue weighted by atomic mass is 16.5. The number of benzene rings is 1. The number of hydrogen-bond donors (Lipinski definition) is 1. The third-order valence-corrected chi connectivity index (χ3v) is 2.80. The Labute approximate surface area is 84.5 Å². The zero-order valence-electron chi connectivity index (χ0n) is 8.49. The van der Waals surface area contributed by atoms with E-state index in [1.165, 1.54) is 6.42 Å². The van der Waals surface area contributed by atoms with E-state index in [9.17, 15) is 5.11 Å². The lowest BCUT2D eigenvalue weighted by atomic mass is 9.99. The molecule has 2 nitrogen and oxygen atoms in total. The number of rotatable bonds is 1. The Kier molecular flexibility index (Phi) is 2.73. The van der Waals surface area contributed by atoms with Crippen LogP contribution < -0.4 is 0 Å². The number of ether oxygens (including phenoxy) is 1. The molecule has 1 N–H and O–H groups in total. The SMILES string of the molecule is Cc1cccc(C2CCCCO2)c1O. The molecule has 1 aliphatic heterocycles. The first-order chi connectivity index (χ1) is 6.79. The summed E-state index contributed by atoms with van der Waals surface area (Å²) in [6.07, 6.45) is 3.46. The van der Waals surface area contributed by atoms with Crippen molar-refractivity contribution in [1.29, 1.82) is 0 Å². The van der Waals surface area contributed by atoms with E-state index < -0.39 is 0 Å². The number of para-hydroxylation sites is 1. The van der Waals surface area contributed by atoms with Crippen LogP contribution in [0.25, 0.3) is 0 Å². The summed E-state index contributed by atoms with van der Waals surface area (Å²) in [4.78, 5) is 0. The van der Waals surface area contributed by atoms with Crippen molar-refractivity contribution in [3.05, 3.63) is 29.3 Å². The van der Waals surface area contributed by atoms with Crippen molar-refractivity contribution in [2.75, 3.05) is 6.61 Å². The molecule has 2 rings (SSSR count). The molecule has 0 amide bonds. The van der Waals surface area contributed by atoms with Gasteiger partial charge >= 0.3 is 0 Å². The van der Waals surface area contributed by atoms with E-state index in [4.69, 9.17) is 4.74 Å². The van der Waals surface area contributed by atoms with Gasteiger partial charge in [-0.25, -0.2) is 0 Å². The van der Waals surface area contributed by atoms with Gasteiger partial charge < -0.3 is 9.84 Å². The summed E-state index contributed by atoms with van der Waals surface area (Å²) in [6, 6.07) is 5.85. The summed E-state index contributed by atoms with van der Waals surface area (Å²) >= 11 is 0. The maximum atomic E-state index is 9.87. The fourth-order valence-corrected chi connectivity index (χ4v) is 1.93. The lowest BCUT2D eigenvalue weighted by Crippen LogP contribution is -2.11. The Balaban J connectivity index is 2.26. The largest absolute Gasteiger partial charge is 0.507 e.